The number of aromatic hydroxyl groups is 1. The van der Waals surface area contributed by atoms with Crippen molar-refractivity contribution in [1.82, 2.24) is 15.1 Å². The summed E-state index contributed by atoms with van der Waals surface area (Å²) in [5, 5.41) is 16.8. The molecule has 0 fully saturated rings. The van der Waals surface area contributed by atoms with E-state index in [1.54, 1.807) is 18.3 Å². The van der Waals surface area contributed by atoms with Gasteiger partial charge in [0.05, 0.1) is 5.69 Å². The fraction of sp³-hybridized carbons (Fsp3) is 0.308. The summed E-state index contributed by atoms with van der Waals surface area (Å²) in [6.45, 7) is 3.06. The zero-order chi connectivity index (χ0) is 12.3. The predicted octanol–water partition coefficient (Wildman–Crippen LogP) is 1.90. The number of nitrogens with zero attached hydrogens (tertiary/aromatic N) is 2. The van der Waals surface area contributed by atoms with E-state index in [4.69, 9.17) is 0 Å². The lowest BCUT2D eigenvalue weighted by atomic mass is 10.1. The quantitative estimate of drug-likeness (QED) is 0.845. The molecule has 1 aromatic heterocycles. The normalized spacial score (nSPS) is 12.6. The van der Waals surface area contributed by atoms with Crippen LogP contribution in [0, 0.1) is 0 Å². The summed E-state index contributed by atoms with van der Waals surface area (Å²) >= 11 is 0. The Labute approximate surface area is 101 Å². The summed E-state index contributed by atoms with van der Waals surface area (Å²) in [7, 11) is 1.94. The first kappa shape index (κ1) is 11.7. The second kappa shape index (κ2) is 5.01. The van der Waals surface area contributed by atoms with Crippen LogP contribution in [0.4, 0.5) is 0 Å². The first-order valence-electron chi connectivity index (χ1n) is 5.70. The van der Waals surface area contributed by atoms with Crippen LogP contribution in [0.25, 0.3) is 5.69 Å². The molecule has 4 heteroatoms. The van der Waals surface area contributed by atoms with Gasteiger partial charge in [0, 0.05) is 24.4 Å². The first-order valence-corrected chi connectivity index (χ1v) is 5.70. The maximum Gasteiger partial charge on any atom is 0.115 e. The molecule has 1 aromatic carbocycles. The topological polar surface area (TPSA) is 50.1 Å². The number of hydrogen-bond donors (Lipinski definition) is 2. The van der Waals surface area contributed by atoms with E-state index in [2.05, 4.69) is 17.3 Å². The van der Waals surface area contributed by atoms with E-state index in [0.717, 1.165) is 17.9 Å². The predicted molar refractivity (Wildman–Crippen MR) is 67.6 cm³/mol. The van der Waals surface area contributed by atoms with Gasteiger partial charge in [0.25, 0.3) is 0 Å². The van der Waals surface area contributed by atoms with Crippen molar-refractivity contribution in [3.8, 4) is 11.4 Å². The van der Waals surface area contributed by atoms with Gasteiger partial charge < -0.3 is 10.4 Å². The molecule has 0 saturated carbocycles. The number of phenols is 1. The Morgan fingerprint density at radius 3 is 2.65 bits per heavy atom. The highest BCUT2D eigenvalue weighted by molar-refractivity contribution is 5.37. The molecule has 2 rings (SSSR count). The van der Waals surface area contributed by atoms with Gasteiger partial charge in [0.1, 0.15) is 5.75 Å². The number of aromatic nitrogens is 2. The van der Waals surface area contributed by atoms with Gasteiger partial charge in [0.2, 0.25) is 0 Å². The zero-order valence-corrected chi connectivity index (χ0v) is 10.1. The Balaban J connectivity index is 2.33. The molecule has 1 heterocycles. The van der Waals surface area contributed by atoms with E-state index in [-0.39, 0.29) is 5.75 Å². The second-order valence-electron chi connectivity index (χ2n) is 4.14. The summed E-state index contributed by atoms with van der Waals surface area (Å²) in [5.74, 6) is 0.655. The van der Waals surface area contributed by atoms with Crippen molar-refractivity contribution in [2.75, 3.05) is 13.6 Å². The molecular formula is C13H17N3O. The van der Waals surface area contributed by atoms with Crippen LogP contribution in [-0.2, 0) is 0 Å². The molecule has 0 amide bonds. The molecule has 2 N–H and O–H groups in total. The highest BCUT2D eigenvalue weighted by atomic mass is 16.3. The van der Waals surface area contributed by atoms with Crippen molar-refractivity contribution in [1.29, 1.82) is 0 Å². The van der Waals surface area contributed by atoms with Crippen LogP contribution in [0.5, 0.6) is 5.75 Å². The summed E-state index contributed by atoms with van der Waals surface area (Å²) in [4.78, 5) is 0. The van der Waals surface area contributed by atoms with Gasteiger partial charge in [-0.3, -0.25) is 0 Å². The highest BCUT2D eigenvalue weighted by Gasteiger charge is 2.11. The fourth-order valence-corrected chi connectivity index (χ4v) is 1.91. The lowest BCUT2D eigenvalue weighted by Gasteiger charge is -2.13. The smallest absolute Gasteiger partial charge is 0.115 e. The molecular weight excluding hydrogens is 214 g/mol. The van der Waals surface area contributed by atoms with Crippen LogP contribution in [0.3, 0.4) is 0 Å². The number of hydrogen-bond acceptors (Lipinski definition) is 3. The number of benzene rings is 1. The molecule has 0 aliphatic rings. The minimum absolute atomic E-state index is 0.269. The standard InChI is InChI=1S/C13H17N3O/c1-10(9-14-2)13-7-8-15-16(13)11-3-5-12(17)6-4-11/h3-8,10,14,17H,9H2,1-2H3. The van der Waals surface area contributed by atoms with Crippen LogP contribution in [0.2, 0.25) is 0 Å². The van der Waals surface area contributed by atoms with Gasteiger partial charge in [-0.25, -0.2) is 4.68 Å². The molecule has 0 aliphatic carbocycles. The van der Waals surface area contributed by atoms with Crippen molar-refractivity contribution in [3.05, 3.63) is 42.2 Å². The van der Waals surface area contributed by atoms with Gasteiger partial charge in [-0.2, -0.15) is 5.10 Å². The van der Waals surface area contributed by atoms with E-state index >= 15 is 0 Å². The fourth-order valence-electron chi connectivity index (χ4n) is 1.91. The molecule has 1 unspecified atom stereocenters. The van der Waals surface area contributed by atoms with Crippen LogP contribution < -0.4 is 5.32 Å². The van der Waals surface area contributed by atoms with Crippen LogP contribution in [0.1, 0.15) is 18.5 Å². The van der Waals surface area contributed by atoms with E-state index < -0.39 is 0 Å². The lowest BCUT2D eigenvalue weighted by Crippen LogP contribution is -2.17. The van der Waals surface area contributed by atoms with Gasteiger partial charge in [0.15, 0.2) is 0 Å². The van der Waals surface area contributed by atoms with Gasteiger partial charge in [-0.15, -0.1) is 0 Å². The number of likely N-dealkylation sites (N-methyl/N-ethyl adjacent to an activating group) is 1. The molecule has 0 aliphatic heterocycles. The molecule has 90 valence electrons. The van der Waals surface area contributed by atoms with Gasteiger partial charge in [-0.05, 0) is 37.4 Å². The molecule has 0 spiro atoms. The molecule has 0 saturated heterocycles. The molecule has 0 radical (unpaired) electrons. The van der Waals surface area contributed by atoms with Crippen molar-refractivity contribution < 1.29 is 5.11 Å². The van der Waals surface area contributed by atoms with E-state index in [0.29, 0.717) is 5.92 Å². The molecule has 4 nitrogen and oxygen atoms in total. The molecule has 1 atom stereocenters. The van der Waals surface area contributed by atoms with Crippen LogP contribution in [-0.4, -0.2) is 28.5 Å². The SMILES string of the molecule is CNCC(C)c1ccnn1-c1ccc(O)cc1. The minimum Gasteiger partial charge on any atom is -0.508 e. The number of nitrogens with one attached hydrogen (secondary N) is 1. The minimum atomic E-state index is 0.269. The third-order valence-corrected chi connectivity index (χ3v) is 2.78. The maximum absolute atomic E-state index is 9.28. The summed E-state index contributed by atoms with van der Waals surface area (Å²) in [6.07, 6.45) is 1.80. The molecule has 0 bridgehead atoms. The number of rotatable bonds is 4. The largest absolute Gasteiger partial charge is 0.508 e. The van der Waals surface area contributed by atoms with Crippen molar-refractivity contribution in [3.63, 3.8) is 0 Å². The summed E-state index contributed by atoms with van der Waals surface area (Å²) in [5.41, 5.74) is 2.12. The maximum atomic E-state index is 9.28. The highest BCUT2D eigenvalue weighted by Crippen LogP contribution is 2.19. The third-order valence-electron chi connectivity index (χ3n) is 2.78. The van der Waals surface area contributed by atoms with Crippen LogP contribution >= 0.6 is 0 Å². The number of phenolic OH excluding ortho intramolecular Hbond substituents is 1. The Bertz CT molecular complexity index is 476. The van der Waals surface area contributed by atoms with E-state index in [1.807, 2.05) is 29.9 Å². The summed E-state index contributed by atoms with van der Waals surface area (Å²) in [6, 6.07) is 9.08. The third kappa shape index (κ3) is 2.47. The van der Waals surface area contributed by atoms with Crippen molar-refractivity contribution in [2.45, 2.75) is 12.8 Å². The van der Waals surface area contributed by atoms with Gasteiger partial charge >= 0.3 is 0 Å². The Kier molecular flexibility index (Phi) is 3.44. The monoisotopic (exact) mass is 231 g/mol. The Hall–Kier alpha value is -1.81. The second-order valence-corrected chi connectivity index (χ2v) is 4.14. The molecule has 17 heavy (non-hydrogen) atoms. The molecule has 2 aromatic rings. The summed E-state index contributed by atoms with van der Waals surface area (Å²) < 4.78 is 1.90. The Morgan fingerprint density at radius 1 is 1.29 bits per heavy atom. The van der Waals surface area contributed by atoms with Crippen LogP contribution in [0.15, 0.2) is 36.5 Å². The average Bonchev–Trinajstić information content (AvgIpc) is 2.79. The zero-order valence-electron chi connectivity index (χ0n) is 10.1. The van der Waals surface area contributed by atoms with Crippen molar-refractivity contribution in [2.24, 2.45) is 0 Å². The van der Waals surface area contributed by atoms with Gasteiger partial charge in [-0.1, -0.05) is 6.92 Å². The first-order chi connectivity index (χ1) is 8.22. The van der Waals surface area contributed by atoms with Crippen molar-refractivity contribution >= 4 is 0 Å². The lowest BCUT2D eigenvalue weighted by molar-refractivity contribution is 0.475. The average molecular weight is 231 g/mol. The Morgan fingerprint density at radius 2 is 2.00 bits per heavy atom. The van der Waals surface area contributed by atoms with E-state index in [9.17, 15) is 5.11 Å². The van der Waals surface area contributed by atoms with E-state index in [1.165, 1.54) is 0 Å².